The van der Waals surface area contributed by atoms with Crippen molar-refractivity contribution in [3.05, 3.63) is 24.3 Å². The van der Waals surface area contributed by atoms with Crippen LogP contribution in [-0.2, 0) is 10.3 Å². The van der Waals surface area contributed by atoms with Gasteiger partial charge < -0.3 is 10.6 Å². The van der Waals surface area contributed by atoms with Gasteiger partial charge in [0, 0.05) is 31.0 Å². The lowest BCUT2D eigenvalue weighted by molar-refractivity contribution is -0.187. The zero-order valence-corrected chi connectivity index (χ0v) is 10.0. The third kappa shape index (κ3) is 2.83. The van der Waals surface area contributed by atoms with Gasteiger partial charge >= 0.3 is 12.1 Å². The average molecular weight is 274 g/mol. The first kappa shape index (κ1) is 13.7. The van der Waals surface area contributed by atoms with E-state index in [2.05, 4.69) is 9.97 Å². The van der Waals surface area contributed by atoms with Gasteiger partial charge in [0.1, 0.15) is 6.33 Å². The summed E-state index contributed by atoms with van der Waals surface area (Å²) in [6.45, 7) is -0.121. The number of alkyl halides is 3. The van der Waals surface area contributed by atoms with E-state index in [0.29, 0.717) is 18.4 Å². The van der Waals surface area contributed by atoms with Crippen molar-refractivity contribution in [2.45, 2.75) is 24.6 Å². The maximum Gasteiger partial charge on any atom is 0.471 e. The summed E-state index contributed by atoms with van der Waals surface area (Å²) >= 11 is 0. The second-order valence-corrected chi connectivity index (χ2v) is 4.61. The van der Waals surface area contributed by atoms with Crippen molar-refractivity contribution >= 4 is 5.91 Å². The van der Waals surface area contributed by atoms with Gasteiger partial charge in [0.15, 0.2) is 0 Å². The largest absolute Gasteiger partial charge is 0.471 e. The first-order valence-electron chi connectivity index (χ1n) is 5.73. The van der Waals surface area contributed by atoms with Gasteiger partial charge in [0.2, 0.25) is 0 Å². The molecule has 1 aromatic heterocycles. The SMILES string of the molecule is NC1(c2cncnc2)CCCN(C(=O)C(F)(F)F)C1. The van der Waals surface area contributed by atoms with Crippen molar-refractivity contribution < 1.29 is 18.0 Å². The van der Waals surface area contributed by atoms with Gasteiger partial charge in [-0.3, -0.25) is 4.79 Å². The highest BCUT2D eigenvalue weighted by Crippen LogP contribution is 2.30. The molecular formula is C11H13F3N4O. The second-order valence-electron chi connectivity index (χ2n) is 4.61. The number of aromatic nitrogens is 2. The first-order valence-corrected chi connectivity index (χ1v) is 5.73. The molecule has 0 spiro atoms. The van der Waals surface area contributed by atoms with Crippen LogP contribution in [-0.4, -0.2) is 40.0 Å². The van der Waals surface area contributed by atoms with E-state index in [-0.39, 0.29) is 13.1 Å². The van der Waals surface area contributed by atoms with Crippen molar-refractivity contribution in [2.24, 2.45) is 5.73 Å². The number of rotatable bonds is 1. The molecule has 1 fully saturated rings. The highest BCUT2D eigenvalue weighted by Gasteiger charge is 2.46. The number of nitrogens with two attached hydrogens (primary N) is 1. The van der Waals surface area contributed by atoms with Crippen LogP contribution in [0.4, 0.5) is 13.2 Å². The fourth-order valence-electron chi connectivity index (χ4n) is 2.23. The van der Waals surface area contributed by atoms with E-state index in [1.165, 1.54) is 18.7 Å². The lowest BCUT2D eigenvalue weighted by Gasteiger charge is -2.40. The molecule has 1 saturated heterocycles. The number of halogens is 3. The number of carbonyl (C=O) groups excluding carboxylic acids is 1. The molecule has 104 valence electrons. The van der Waals surface area contributed by atoms with Crippen LogP contribution in [0.25, 0.3) is 0 Å². The average Bonchev–Trinajstić information content (AvgIpc) is 2.38. The Balaban J connectivity index is 2.20. The topological polar surface area (TPSA) is 72.1 Å². The minimum absolute atomic E-state index is 0.0605. The highest BCUT2D eigenvalue weighted by atomic mass is 19.4. The molecule has 0 bridgehead atoms. The summed E-state index contributed by atoms with van der Waals surface area (Å²) in [5.41, 5.74) is 5.62. The van der Waals surface area contributed by atoms with Crippen molar-refractivity contribution in [3.63, 3.8) is 0 Å². The van der Waals surface area contributed by atoms with Crippen LogP contribution >= 0.6 is 0 Å². The van der Waals surface area contributed by atoms with Gasteiger partial charge in [-0.2, -0.15) is 13.2 Å². The Labute approximate surface area is 107 Å². The molecule has 0 radical (unpaired) electrons. The molecule has 2 N–H and O–H groups in total. The minimum atomic E-state index is -4.87. The third-order valence-electron chi connectivity index (χ3n) is 3.19. The van der Waals surface area contributed by atoms with Crippen LogP contribution in [0, 0.1) is 0 Å². The molecule has 1 amide bonds. The predicted molar refractivity (Wildman–Crippen MR) is 59.8 cm³/mol. The van der Waals surface area contributed by atoms with E-state index in [4.69, 9.17) is 5.73 Å². The number of nitrogens with zero attached hydrogens (tertiary/aromatic N) is 3. The standard InChI is InChI=1S/C11H13F3N4O/c12-11(13,14)9(19)18-3-1-2-10(15,6-18)8-4-16-7-17-5-8/h4-5,7H,1-3,6,15H2. The Morgan fingerprint density at radius 2 is 2.00 bits per heavy atom. The molecular weight excluding hydrogens is 261 g/mol. The fourth-order valence-corrected chi connectivity index (χ4v) is 2.23. The Hall–Kier alpha value is -1.70. The zero-order valence-electron chi connectivity index (χ0n) is 10.0. The number of carbonyl (C=O) groups is 1. The van der Waals surface area contributed by atoms with Crippen molar-refractivity contribution in [1.29, 1.82) is 0 Å². The van der Waals surface area contributed by atoms with Crippen molar-refractivity contribution in [1.82, 2.24) is 14.9 Å². The van der Waals surface area contributed by atoms with Crippen molar-refractivity contribution in [3.8, 4) is 0 Å². The second kappa shape index (κ2) is 4.76. The molecule has 0 aromatic carbocycles. The highest BCUT2D eigenvalue weighted by molar-refractivity contribution is 5.82. The molecule has 0 aliphatic carbocycles. The smallest absolute Gasteiger partial charge is 0.333 e. The summed E-state index contributed by atoms with van der Waals surface area (Å²) in [6.07, 6.45) is 0.276. The predicted octanol–water partition coefficient (Wildman–Crippen LogP) is 0.815. The minimum Gasteiger partial charge on any atom is -0.333 e. The molecule has 1 atom stereocenters. The molecule has 8 heteroatoms. The van der Waals surface area contributed by atoms with E-state index in [1.54, 1.807) is 0 Å². The summed E-state index contributed by atoms with van der Waals surface area (Å²) in [6, 6.07) is 0. The van der Waals surface area contributed by atoms with E-state index in [1.807, 2.05) is 0 Å². The lowest BCUT2D eigenvalue weighted by atomic mass is 9.84. The molecule has 1 aliphatic heterocycles. The normalized spacial score (nSPS) is 24.3. The van der Waals surface area contributed by atoms with Gasteiger partial charge in [0.25, 0.3) is 0 Å². The van der Waals surface area contributed by atoms with Gasteiger partial charge in [0.05, 0.1) is 5.54 Å². The van der Waals surface area contributed by atoms with Gasteiger partial charge in [-0.05, 0) is 12.8 Å². The van der Waals surface area contributed by atoms with Crippen LogP contribution in [0.5, 0.6) is 0 Å². The molecule has 1 unspecified atom stereocenters. The molecule has 2 rings (SSSR count). The van der Waals surface area contributed by atoms with E-state index in [9.17, 15) is 18.0 Å². The lowest BCUT2D eigenvalue weighted by Crippen LogP contribution is -2.56. The maximum atomic E-state index is 12.4. The van der Waals surface area contributed by atoms with Crippen LogP contribution in [0.2, 0.25) is 0 Å². The Bertz CT molecular complexity index is 465. The Kier molecular flexibility index (Phi) is 3.44. The molecule has 0 saturated carbocycles. The molecule has 5 nitrogen and oxygen atoms in total. The number of hydrogen-bond donors (Lipinski definition) is 1. The van der Waals surface area contributed by atoms with Gasteiger partial charge in [-0.25, -0.2) is 9.97 Å². The molecule has 1 aliphatic rings. The van der Waals surface area contributed by atoms with Crippen LogP contribution in [0.15, 0.2) is 18.7 Å². The maximum absolute atomic E-state index is 12.4. The number of amides is 1. The van der Waals surface area contributed by atoms with Crippen molar-refractivity contribution in [2.75, 3.05) is 13.1 Å². The Morgan fingerprint density at radius 3 is 2.58 bits per heavy atom. The molecule has 19 heavy (non-hydrogen) atoms. The summed E-state index contributed by atoms with van der Waals surface area (Å²) < 4.78 is 37.3. The third-order valence-corrected chi connectivity index (χ3v) is 3.19. The number of piperidine rings is 1. The van der Waals surface area contributed by atoms with E-state index >= 15 is 0 Å². The number of hydrogen-bond acceptors (Lipinski definition) is 4. The summed E-state index contributed by atoms with van der Waals surface area (Å²) in [5, 5.41) is 0. The van der Waals surface area contributed by atoms with Gasteiger partial charge in [-0.15, -0.1) is 0 Å². The zero-order chi connectivity index (χ0) is 14.1. The fraction of sp³-hybridized carbons (Fsp3) is 0.545. The van der Waals surface area contributed by atoms with E-state index in [0.717, 1.165) is 4.90 Å². The first-order chi connectivity index (χ1) is 8.83. The van der Waals surface area contributed by atoms with Gasteiger partial charge in [-0.1, -0.05) is 0 Å². The Morgan fingerprint density at radius 1 is 1.37 bits per heavy atom. The summed E-state index contributed by atoms with van der Waals surface area (Å²) in [5.74, 6) is -1.85. The van der Waals surface area contributed by atoms with Crippen LogP contribution in [0.1, 0.15) is 18.4 Å². The molecule has 2 heterocycles. The number of likely N-dealkylation sites (tertiary alicyclic amines) is 1. The van der Waals surface area contributed by atoms with Crippen LogP contribution < -0.4 is 5.73 Å². The molecule has 1 aromatic rings. The van der Waals surface area contributed by atoms with E-state index < -0.39 is 17.6 Å². The van der Waals surface area contributed by atoms with Crippen LogP contribution in [0.3, 0.4) is 0 Å². The monoisotopic (exact) mass is 274 g/mol. The summed E-state index contributed by atoms with van der Waals surface area (Å²) in [4.78, 5) is 19.6. The quantitative estimate of drug-likeness (QED) is 0.822. The summed E-state index contributed by atoms with van der Waals surface area (Å²) in [7, 11) is 0.